The number of carbonyl (C=O) groups is 1. The zero-order valence-corrected chi connectivity index (χ0v) is 15.4. The molecule has 28 heavy (non-hydrogen) atoms. The summed E-state index contributed by atoms with van der Waals surface area (Å²) in [5, 5.41) is 0. The number of alkyl halides is 3. The molecule has 3 nitrogen and oxygen atoms in total. The van der Waals surface area contributed by atoms with E-state index in [0.717, 1.165) is 5.56 Å². The molecule has 0 aromatic heterocycles. The first kappa shape index (κ1) is 21.4. The normalized spacial score (nSPS) is 12.2. The highest BCUT2D eigenvalue weighted by Gasteiger charge is 2.43. The molecular formula is C22H22F3NO2. The van der Waals surface area contributed by atoms with Crippen LogP contribution in [0.3, 0.4) is 0 Å². The van der Waals surface area contributed by atoms with Crippen LogP contribution in [0.5, 0.6) is 0 Å². The number of rotatable bonds is 9. The molecule has 0 aliphatic carbocycles. The van der Waals surface area contributed by atoms with Gasteiger partial charge in [0.2, 0.25) is 0 Å². The fraction of sp³-hybridized carbons (Fsp3) is 0.227. The number of benzene rings is 2. The van der Waals surface area contributed by atoms with E-state index in [9.17, 15) is 18.0 Å². The van der Waals surface area contributed by atoms with Crippen LogP contribution in [-0.4, -0.2) is 24.7 Å². The number of nitrogens with zero attached hydrogens (tertiary/aromatic N) is 1. The summed E-state index contributed by atoms with van der Waals surface area (Å²) in [6.07, 6.45) is -2.25. The first-order chi connectivity index (χ1) is 13.4. The second-order valence-electron chi connectivity index (χ2n) is 6.11. The van der Waals surface area contributed by atoms with Gasteiger partial charge in [0.15, 0.2) is 0 Å². The number of hydrogen-bond acceptors (Lipinski definition) is 2. The summed E-state index contributed by atoms with van der Waals surface area (Å²) in [5.74, 6) is -1.93. The number of amides is 1. The Hall–Kier alpha value is -2.86. The Morgan fingerprint density at radius 1 is 1.07 bits per heavy atom. The van der Waals surface area contributed by atoms with Crippen LogP contribution in [0.2, 0.25) is 0 Å². The molecule has 0 saturated heterocycles. The van der Waals surface area contributed by atoms with Crippen molar-refractivity contribution >= 4 is 11.6 Å². The Labute approximate surface area is 162 Å². The van der Waals surface area contributed by atoms with Gasteiger partial charge in [0.05, 0.1) is 12.7 Å². The van der Waals surface area contributed by atoms with Gasteiger partial charge in [-0.2, -0.15) is 13.2 Å². The Morgan fingerprint density at radius 2 is 1.71 bits per heavy atom. The average molecular weight is 389 g/mol. The van der Waals surface area contributed by atoms with Crippen molar-refractivity contribution in [3.05, 3.63) is 91.0 Å². The van der Waals surface area contributed by atoms with Gasteiger partial charge in [-0.05, 0) is 17.2 Å². The zero-order chi connectivity index (χ0) is 20.6. The van der Waals surface area contributed by atoms with Crippen molar-refractivity contribution < 1.29 is 22.7 Å². The largest absolute Gasteiger partial charge is 0.471 e. The highest BCUT2D eigenvalue weighted by atomic mass is 19.4. The van der Waals surface area contributed by atoms with Crippen molar-refractivity contribution in [1.82, 2.24) is 0 Å². The maximum Gasteiger partial charge on any atom is 0.471 e. The number of para-hydroxylation sites is 1. The van der Waals surface area contributed by atoms with Crippen molar-refractivity contribution in [3.63, 3.8) is 0 Å². The topological polar surface area (TPSA) is 29.5 Å². The molecule has 6 heteroatoms. The first-order valence-corrected chi connectivity index (χ1v) is 8.72. The number of halogens is 3. The van der Waals surface area contributed by atoms with Crippen LogP contribution in [0.25, 0.3) is 0 Å². The van der Waals surface area contributed by atoms with Gasteiger partial charge in [0.25, 0.3) is 0 Å². The van der Waals surface area contributed by atoms with Crippen LogP contribution >= 0.6 is 0 Å². The van der Waals surface area contributed by atoms with Gasteiger partial charge in [-0.25, -0.2) is 0 Å². The second kappa shape index (κ2) is 9.90. The van der Waals surface area contributed by atoms with Gasteiger partial charge in [0.1, 0.15) is 0 Å². The molecule has 0 aliphatic rings. The molecular weight excluding hydrogens is 367 g/mol. The van der Waals surface area contributed by atoms with Crippen LogP contribution in [0.1, 0.15) is 11.1 Å². The fourth-order valence-electron chi connectivity index (χ4n) is 2.72. The van der Waals surface area contributed by atoms with E-state index in [1.165, 1.54) is 12.1 Å². The van der Waals surface area contributed by atoms with Crippen molar-refractivity contribution in [2.45, 2.75) is 25.3 Å². The summed E-state index contributed by atoms with van der Waals surface area (Å²) >= 11 is 0. The van der Waals surface area contributed by atoms with Crippen LogP contribution in [0.4, 0.5) is 18.9 Å². The molecule has 0 N–H and O–H groups in total. The monoisotopic (exact) mass is 389 g/mol. The van der Waals surface area contributed by atoms with Crippen LogP contribution in [0.15, 0.2) is 79.9 Å². The fourth-order valence-corrected chi connectivity index (χ4v) is 2.72. The SMILES string of the molecule is C=CCN(C(=O)C(F)(F)F)c1ccccc1CC(C=C)OCc1ccccc1. The highest BCUT2D eigenvalue weighted by Crippen LogP contribution is 2.28. The van der Waals surface area contributed by atoms with Gasteiger partial charge in [-0.15, -0.1) is 13.2 Å². The highest BCUT2D eigenvalue weighted by molar-refractivity contribution is 5.98. The summed E-state index contributed by atoms with van der Waals surface area (Å²) < 4.78 is 44.9. The van der Waals surface area contributed by atoms with Crippen LogP contribution in [0, 0.1) is 0 Å². The molecule has 0 heterocycles. The second-order valence-corrected chi connectivity index (χ2v) is 6.11. The lowest BCUT2D eigenvalue weighted by Gasteiger charge is -2.26. The smallest absolute Gasteiger partial charge is 0.369 e. The van der Waals surface area contributed by atoms with Crippen molar-refractivity contribution in [1.29, 1.82) is 0 Å². The van der Waals surface area contributed by atoms with Gasteiger partial charge in [-0.3, -0.25) is 4.79 Å². The van der Waals surface area contributed by atoms with E-state index in [1.807, 2.05) is 30.3 Å². The third-order valence-electron chi connectivity index (χ3n) is 4.07. The van der Waals surface area contributed by atoms with Gasteiger partial charge >= 0.3 is 12.1 Å². The molecule has 2 rings (SSSR count). The molecule has 2 aromatic carbocycles. The van der Waals surface area contributed by atoms with E-state index in [0.29, 0.717) is 17.1 Å². The lowest BCUT2D eigenvalue weighted by molar-refractivity contribution is -0.170. The Balaban J connectivity index is 2.21. The molecule has 2 aromatic rings. The summed E-state index contributed by atoms with van der Waals surface area (Å²) in [5.41, 5.74) is 1.71. The average Bonchev–Trinajstić information content (AvgIpc) is 2.69. The third kappa shape index (κ3) is 5.82. The van der Waals surface area contributed by atoms with E-state index in [-0.39, 0.29) is 18.7 Å². The van der Waals surface area contributed by atoms with E-state index in [2.05, 4.69) is 13.2 Å². The maximum absolute atomic E-state index is 13.0. The molecule has 1 amide bonds. The predicted octanol–water partition coefficient (Wildman–Crippen LogP) is 5.08. The quantitative estimate of drug-likeness (QED) is 0.560. The Morgan fingerprint density at radius 3 is 2.32 bits per heavy atom. The minimum Gasteiger partial charge on any atom is -0.369 e. The summed E-state index contributed by atoms with van der Waals surface area (Å²) in [6, 6.07) is 16.0. The Kier molecular flexibility index (Phi) is 7.58. The van der Waals surface area contributed by atoms with Crippen molar-refractivity contribution in [2.24, 2.45) is 0 Å². The molecule has 1 unspecified atom stereocenters. The molecule has 0 saturated carbocycles. The lowest BCUT2D eigenvalue weighted by atomic mass is 10.0. The Bertz CT molecular complexity index is 803. The van der Waals surface area contributed by atoms with E-state index in [4.69, 9.17) is 4.74 Å². The number of anilines is 1. The summed E-state index contributed by atoms with van der Waals surface area (Å²) in [7, 11) is 0. The molecule has 0 bridgehead atoms. The molecule has 1 atom stereocenters. The molecule has 0 aliphatic heterocycles. The molecule has 0 fully saturated rings. The third-order valence-corrected chi connectivity index (χ3v) is 4.07. The standard InChI is InChI=1S/C22H22F3NO2/c1-3-14-26(21(27)22(23,24)25)20-13-9-8-12-18(20)15-19(4-2)28-16-17-10-6-5-7-11-17/h3-13,19H,1-2,14-16H2. The number of ether oxygens (including phenoxy) is 1. The van der Waals surface area contributed by atoms with Gasteiger partial charge in [0, 0.05) is 18.7 Å². The van der Waals surface area contributed by atoms with E-state index < -0.39 is 18.2 Å². The maximum atomic E-state index is 13.0. The molecule has 0 radical (unpaired) electrons. The minimum absolute atomic E-state index is 0.180. The molecule has 148 valence electrons. The van der Waals surface area contributed by atoms with Gasteiger partial charge < -0.3 is 9.64 Å². The minimum atomic E-state index is -4.97. The molecule has 0 spiro atoms. The van der Waals surface area contributed by atoms with Crippen molar-refractivity contribution in [2.75, 3.05) is 11.4 Å². The van der Waals surface area contributed by atoms with E-state index >= 15 is 0 Å². The lowest BCUT2D eigenvalue weighted by Crippen LogP contribution is -2.42. The van der Waals surface area contributed by atoms with Crippen LogP contribution in [-0.2, 0) is 22.6 Å². The first-order valence-electron chi connectivity index (χ1n) is 8.72. The summed E-state index contributed by atoms with van der Waals surface area (Å²) in [4.78, 5) is 12.6. The number of hydrogen-bond donors (Lipinski definition) is 0. The van der Waals surface area contributed by atoms with E-state index in [1.54, 1.807) is 24.3 Å². The zero-order valence-electron chi connectivity index (χ0n) is 15.4. The summed E-state index contributed by atoms with van der Waals surface area (Å²) in [6.45, 7) is 7.30. The van der Waals surface area contributed by atoms with Crippen molar-refractivity contribution in [3.8, 4) is 0 Å². The van der Waals surface area contributed by atoms with Crippen LogP contribution < -0.4 is 4.90 Å². The predicted molar refractivity (Wildman–Crippen MR) is 104 cm³/mol. The number of carbonyl (C=O) groups excluding carboxylic acids is 1. The van der Waals surface area contributed by atoms with Gasteiger partial charge in [-0.1, -0.05) is 60.7 Å².